The number of carboxylic acids is 1. The number of carbonyl (C=O) groups is 1. The maximum Gasteiger partial charge on any atom is 0.303 e. The van der Waals surface area contributed by atoms with Gasteiger partial charge in [0.1, 0.15) is 16.7 Å². The Labute approximate surface area is 363 Å². The quantitative estimate of drug-likeness (QED) is 0.0542. The monoisotopic (exact) mass is 945 g/mol. The lowest BCUT2D eigenvalue weighted by atomic mass is 9.73. The zero-order valence-electron chi connectivity index (χ0n) is 34.6. The molecule has 0 fully saturated rings. The summed E-state index contributed by atoms with van der Waals surface area (Å²) >= 11 is 0. The van der Waals surface area contributed by atoms with Crippen LogP contribution < -0.4 is 4.90 Å². The van der Waals surface area contributed by atoms with Crippen molar-refractivity contribution in [1.82, 2.24) is 0 Å². The predicted molar refractivity (Wildman–Crippen MR) is 227 cm³/mol. The second-order valence-electron chi connectivity index (χ2n) is 15.4. The zero-order chi connectivity index (χ0) is 46.1. The molecule has 0 aromatic heterocycles. The van der Waals surface area contributed by atoms with Crippen LogP contribution in [0.15, 0.2) is 82.3 Å². The maximum atomic E-state index is 12.3. The van der Waals surface area contributed by atoms with Gasteiger partial charge in [-0.1, -0.05) is 24.6 Å². The van der Waals surface area contributed by atoms with Crippen LogP contribution in [0, 0.1) is 0 Å². The van der Waals surface area contributed by atoms with Crippen LogP contribution >= 0.6 is 0 Å². The minimum atomic E-state index is -4.94. The van der Waals surface area contributed by atoms with Gasteiger partial charge in [0.2, 0.25) is 5.69 Å². The van der Waals surface area contributed by atoms with Crippen LogP contribution in [0.25, 0.3) is 0 Å². The summed E-state index contributed by atoms with van der Waals surface area (Å²) in [5.41, 5.74) is 0.986. The molecule has 0 aliphatic carbocycles. The van der Waals surface area contributed by atoms with E-state index in [0.29, 0.717) is 59.7 Å². The fraction of sp³-hybridized carbons (Fsp3) is 0.500. The third-order valence-corrected chi connectivity index (χ3v) is 14.5. The maximum absolute atomic E-state index is 12.3. The van der Waals surface area contributed by atoms with E-state index in [0.717, 1.165) is 0 Å². The summed E-state index contributed by atoms with van der Waals surface area (Å²) in [5, 5.41) is 9.17. The van der Waals surface area contributed by atoms with Crippen molar-refractivity contribution in [1.29, 1.82) is 0 Å². The van der Waals surface area contributed by atoms with E-state index in [2.05, 4.69) is 0 Å². The third kappa shape index (κ3) is 12.9. The lowest BCUT2D eigenvalue weighted by Gasteiger charge is -2.34. The van der Waals surface area contributed by atoms with Crippen molar-refractivity contribution in [2.24, 2.45) is 0 Å². The molecule has 0 amide bonds. The average molecular weight is 946 g/mol. The molecule has 2 aromatic rings. The zero-order valence-corrected chi connectivity index (χ0v) is 37.9. The number of fused-ring (bicyclic) bond motifs is 2. The molecule has 2 heterocycles. The number of benzene rings is 2. The summed E-state index contributed by atoms with van der Waals surface area (Å²) in [6.45, 7) is 2.74. The SMILES string of the molecule is COCC[N+]1=C(/C=C/C=C/C=C2/N(CCCCCC(=O)O)c3ccc(S(=O)(=O)[O-])cc3C2(CCCS(=O)(=O)[O-])CCOC)C(C)(CCCS(=O)(=O)O)c2cc(S(=O)(=O)O)ccc21. The minimum absolute atomic E-state index is 0.0124. The normalized spacial score (nSPS) is 20.2. The van der Waals surface area contributed by atoms with Gasteiger partial charge in [-0.2, -0.15) is 21.4 Å². The van der Waals surface area contributed by atoms with Crippen molar-refractivity contribution in [3.63, 3.8) is 0 Å². The first-order valence-corrected chi connectivity index (χ1v) is 25.7. The van der Waals surface area contributed by atoms with Crippen LogP contribution in [0.5, 0.6) is 0 Å². The molecule has 3 N–H and O–H groups in total. The molecule has 2 unspecified atom stereocenters. The number of ether oxygens (including phenoxy) is 2. The summed E-state index contributed by atoms with van der Waals surface area (Å²) in [6.07, 6.45) is 10.1. The topological polar surface area (TPSA) is 285 Å². The molecule has 2 aliphatic heterocycles. The molecule has 2 aliphatic rings. The predicted octanol–water partition coefficient (Wildman–Crippen LogP) is 4.27. The summed E-state index contributed by atoms with van der Waals surface area (Å²) in [7, 11) is -15.6. The van der Waals surface area contributed by atoms with Crippen LogP contribution in [0.2, 0.25) is 0 Å². The number of methoxy groups -OCH3 is 2. The fourth-order valence-electron chi connectivity index (χ4n) is 8.35. The first-order chi connectivity index (χ1) is 28.9. The highest BCUT2D eigenvalue weighted by atomic mass is 32.2. The van der Waals surface area contributed by atoms with Gasteiger partial charge in [0, 0.05) is 74.1 Å². The highest BCUT2D eigenvalue weighted by molar-refractivity contribution is 7.86. The van der Waals surface area contributed by atoms with E-state index in [-0.39, 0.29) is 63.2 Å². The Hall–Kier alpha value is -3.84. The van der Waals surface area contributed by atoms with Gasteiger partial charge in [0.15, 0.2) is 12.3 Å². The molecule has 0 bridgehead atoms. The number of anilines is 1. The van der Waals surface area contributed by atoms with Gasteiger partial charge in [-0.3, -0.25) is 13.9 Å². The van der Waals surface area contributed by atoms with Gasteiger partial charge in [-0.25, -0.2) is 16.8 Å². The van der Waals surface area contributed by atoms with Crippen molar-refractivity contribution in [2.75, 3.05) is 56.9 Å². The average Bonchev–Trinajstić information content (AvgIpc) is 3.54. The molecule has 0 radical (unpaired) electrons. The number of hydrogen-bond donors (Lipinski definition) is 3. The van der Waals surface area contributed by atoms with E-state index in [1.165, 1.54) is 50.6 Å². The Bertz CT molecular complexity index is 2550. The van der Waals surface area contributed by atoms with E-state index in [4.69, 9.17) is 14.6 Å². The molecule has 0 saturated carbocycles. The number of nitrogens with zero attached hydrogens (tertiary/aromatic N) is 2. The molecular formula is C40H53N2O16S4-. The third-order valence-electron chi connectivity index (χ3n) is 11.2. The Morgan fingerprint density at radius 1 is 0.790 bits per heavy atom. The number of carboxylic acid groups (broad SMARTS) is 1. The number of hydrogen-bond acceptors (Lipinski definition) is 14. The number of unbranched alkanes of at least 4 members (excludes halogenated alkanes) is 2. The van der Waals surface area contributed by atoms with Crippen molar-refractivity contribution in [3.8, 4) is 0 Å². The van der Waals surface area contributed by atoms with E-state index >= 15 is 0 Å². The molecule has 18 nitrogen and oxygen atoms in total. The molecule has 0 spiro atoms. The minimum Gasteiger partial charge on any atom is -0.748 e. The highest BCUT2D eigenvalue weighted by Crippen LogP contribution is 2.53. The van der Waals surface area contributed by atoms with Crippen LogP contribution in [0.1, 0.15) is 75.8 Å². The molecule has 2 atom stereocenters. The number of allylic oxidation sites excluding steroid dienone is 6. The van der Waals surface area contributed by atoms with Gasteiger partial charge in [0.05, 0.1) is 31.1 Å². The Balaban J connectivity index is 1.88. The Kier molecular flexibility index (Phi) is 17.0. The van der Waals surface area contributed by atoms with Crippen molar-refractivity contribution in [3.05, 3.63) is 83.6 Å². The van der Waals surface area contributed by atoms with Gasteiger partial charge < -0.3 is 28.6 Å². The van der Waals surface area contributed by atoms with E-state index in [9.17, 15) is 56.7 Å². The second-order valence-corrected chi connectivity index (χ2v) is 21.3. The smallest absolute Gasteiger partial charge is 0.303 e. The van der Waals surface area contributed by atoms with E-state index in [1.807, 2.05) is 9.48 Å². The number of aliphatic carboxylic acids is 1. The van der Waals surface area contributed by atoms with E-state index < -0.39 is 73.7 Å². The van der Waals surface area contributed by atoms with Crippen LogP contribution in [0.4, 0.5) is 11.4 Å². The van der Waals surface area contributed by atoms with Crippen molar-refractivity contribution in [2.45, 2.75) is 85.3 Å². The van der Waals surface area contributed by atoms with Gasteiger partial charge in [-0.15, -0.1) is 0 Å². The van der Waals surface area contributed by atoms with Gasteiger partial charge in [0.25, 0.3) is 20.2 Å². The Morgan fingerprint density at radius 3 is 2.06 bits per heavy atom. The van der Waals surface area contributed by atoms with Crippen LogP contribution in [-0.4, -0.2) is 125 Å². The molecule has 4 rings (SSSR count). The van der Waals surface area contributed by atoms with Crippen LogP contribution in [0.3, 0.4) is 0 Å². The molecular weight excluding hydrogens is 893 g/mol. The molecule has 22 heteroatoms. The molecule has 62 heavy (non-hydrogen) atoms. The van der Waals surface area contributed by atoms with Gasteiger partial charge in [-0.05, 0) is 93.8 Å². The largest absolute Gasteiger partial charge is 0.748 e. The summed E-state index contributed by atoms with van der Waals surface area (Å²) < 4.78 is 152. The standard InChI is InChI=1S/C40H54N2O16S4/c1-39(19-10-26-59(45,46)47)32-28-30(61(51,52)53)15-17-34(32)42(23-25-58-3)36(39)12-6-4-7-13-37-40(21-24-57-2,20-11-27-60(48,49)50)33-29-31(62(54,55)56)16-18-35(33)41(37)22-9-5-8-14-38(43)44/h4,6-7,12-13,15-18,28-29H,5,8-11,14,19-27H2,1-3H3,(H4-,43,44,45,46,47,48,49,50,51,52,53,54,55,56)/p-1. The lowest BCUT2D eigenvalue weighted by Crippen LogP contribution is -2.33. The molecule has 344 valence electrons. The second kappa shape index (κ2) is 20.8. The number of rotatable bonds is 25. The Morgan fingerprint density at radius 2 is 1.45 bits per heavy atom. The van der Waals surface area contributed by atoms with E-state index in [1.54, 1.807) is 37.3 Å². The van der Waals surface area contributed by atoms with Crippen molar-refractivity contribution < 1.29 is 75.8 Å². The summed E-state index contributed by atoms with van der Waals surface area (Å²) in [6, 6.07) is 8.05. The highest BCUT2D eigenvalue weighted by Gasteiger charge is 2.49. The first-order valence-electron chi connectivity index (χ1n) is 19.7. The first kappa shape index (κ1) is 50.8. The van der Waals surface area contributed by atoms with Crippen LogP contribution in [-0.2, 0) is 65.6 Å². The molecule has 2 aromatic carbocycles. The summed E-state index contributed by atoms with van der Waals surface area (Å²) in [5.74, 6) is -2.23. The van der Waals surface area contributed by atoms with Crippen molar-refractivity contribution >= 4 is 63.5 Å². The molecule has 0 saturated heterocycles. The van der Waals surface area contributed by atoms with Gasteiger partial charge >= 0.3 is 5.97 Å². The fourth-order valence-corrected chi connectivity index (χ4v) is 10.4. The lowest BCUT2D eigenvalue weighted by molar-refractivity contribution is -0.441. The summed E-state index contributed by atoms with van der Waals surface area (Å²) in [4.78, 5) is 12.2.